The Labute approximate surface area is 92.3 Å². The molecule has 0 amide bonds. The number of hydrogen-bond acceptors (Lipinski definition) is 0. The monoisotopic (exact) mass is 210 g/mol. The van der Waals surface area contributed by atoms with Crippen LogP contribution in [-0.2, 0) is 6.42 Å². The van der Waals surface area contributed by atoms with Gasteiger partial charge in [0.15, 0.2) is 0 Å². The molecule has 1 aromatic rings. The zero-order chi connectivity index (χ0) is 10.4. The normalized spacial score (nSPS) is 12.8. The van der Waals surface area contributed by atoms with Crippen molar-refractivity contribution in [3.8, 4) is 0 Å². The van der Waals surface area contributed by atoms with Gasteiger partial charge in [-0.2, -0.15) is 0 Å². The zero-order valence-electron chi connectivity index (χ0n) is 9.09. The van der Waals surface area contributed by atoms with E-state index in [1.54, 1.807) is 0 Å². The lowest BCUT2D eigenvalue weighted by Gasteiger charge is -2.07. The second-order valence-electron chi connectivity index (χ2n) is 3.91. The highest BCUT2D eigenvalue weighted by atomic mass is 35.5. The third-order valence-electron chi connectivity index (χ3n) is 2.43. The Kier molecular flexibility index (Phi) is 5.03. The molecule has 1 atom stereocenters. The average molecular weight is 211 g/mol. The van der Waals surface area contributed by atoms with Crippen LogP contribution < -0.4 is 0 Å². The molecule has 14 heavy (non-hydrogen) atoms. The summed E-state index contributed by atoms with van der Waals surface area (Å²) in [5.74, 6) is 0. The highest BCUT2D eigenvalue weighted by Crippen LogP contribution is 2.14. The molecule has 0 spiro atoms. The van der Waals surface area contributed by atoms with Crippen LogP contribution in [0.4, 0.5) is 0 Å². The average Bonchev–Trinajstić information content (AvgIpc) is 2.15. The smallest absolute Gasteiger partial charge is 0.0339 e. The van der Waals surface area contributed by atoms with Gasteiger partial charge in [-0.3, -0.25) is 0 Å². The van der Waals surface area contributed by atoms with E-state index in [4.69, 9.17) is 11.6 Å². The van der Waals surface area contributed by atoms with Crippen molar-refractivity contribution in [3.63, 3.8) is 0 Å². The molecule has 0 saturated carbocycles. The number of halogens is 1. The van der Waals surface area contributed by atoms with Gasteiger partial charge in [0, 0.05) is 5.38 Å². The maximum absolute atomic E-state index is 6.17. The summed E-state index contributed by atoms with van der Waals surface area (Å²) in [6.07, 6.45) is 4.52. The van der Waals surface area contributed by atoms with Gasteiger partial charge in [-0.05, 0) is 31.7 Å². The van der Waals surface area contributed by atoms with Crippen molar-refractivity contribution in [2.24, 2.45) is 0 Å². The van der Waals surface area contributed by atoms with Crippen molar-refractivity contribution < 1.29 is 0 Å². The van der Waals surface area contributed by atoms with Crippen LogP contribution in [-0.4, -0.2) is 5.38 Å². The summed E-state index contributed by atoms with van der Waals surface area (Å²) >= 11 is 6.17. The van der Waals surface area contributed by atoms with Crippen LogP contribution >= 0.6 is 11.6 Å². The van der Waals surface area contributed by atoms with E-state index in [1.165, 1.54) is 17.5 Å². The Hall–Kier alpha value is -0.490. The molecule has 1 rings (SSSR count). The van der Waals surface area contributed by atoms with Gasteiger partial charge in [0.1, 0.15) is 0 Å². The summed E-state index contributed by atoms with van der Waals surface area (Å²) in [6, 6.07) is 8.68. The van der Waals surface area contributed by atoms with Crippen LogP contribution in [0.1, 0.15) is 37.3 Å². The minimum Gasteiger partial charge on any atom is -0.123 e. The quantitative estimate of drug-likeness (QED) is 0.635. The van der Waals surface area contributed by atoms with Gasteiger partial charge >= 0.3 is 0 Å². The first-order chi connectivity index (χ1) is 6.72. The summed E-state index contributed by atoms with van der Waals surface area (Å²) < 4.78 is 0. The first kappa shape index (κ1) is 11.6. The SMILES string of the molecule is CCCC(Cl)CCc1cccc(C)c1. The maximum atomic E-state index is 6.17. The molecular formula is C13H19Cl. The Morgan fingerprint density at radius 3 is 2.71 bits per heavy atom. The summed E-state index contributed by atoms with van der Waals surface area (Å²) in [5.41, 5.74) is 2.75. The van der Waals surface area contributed by atoms with E-state index in [0.29, 0.717) is 5.38 Å². The third kappa shape index (κ3) is 4.15. The predicted octanol–water partition coefficient (Wildman–Crippen LogP) is 4.34. The molecule has 0 aliphatic rings. The van der Waals surface area contributed by atoms with Crippen molar-refractivity contribution in [1.29, 1.82) is 0 Å². The van der Waals surface area contributed by atoms with E-state index < -0.39 is 0 Å². The Morgan fingerprint density at radius 2 is 2.07 bits per heavy atom. The van der Waals surface area contributed by atoms with Crippen LogP contribution in [0, 0.1) is 6.92 Å². The molecule has 0 aliphatic carbocycles. The lowest BCUT2D eigenvalue weighted by Crippen LogP contribution is -2.00. The molecule has 1 unspecified atom stereocenters. The van der Waals surface area contributed by atoms with Crippen LogP contribution in [0.2, 0.25) is 0 Å². The van der Waals surface area contributed by atoms with Crippen molar-refractivity contribution in [1.82, 2.24) is 0 Å². The van der Waals surface area contributed by atoms with Gasteiger partial charge < -0.3 is 0 Å². The molecule has 1 heteroatoms. The highest BCUT2D eigenvalue weighted by Gasteiger charge is 2.03. The van der Waals surface area contributed by atoms with E-state index in [0.717, 1.165) is 19.3 Å². The third-order valence-corrected chi connectivity index (χ3v) is 2.87. The van der Waals surface area contributed by atoms with Gasteiger partial charge in [-0.15, -0.1) is 11.6 Å². The maximum Gasteiger partial charge on any atom is 0.0339 e. The van der Waals surface area contributed by atoms with Crippen LogP contribution in [0.25, 0.3) is 0 Å². The standard InChI is InChI=1S/C13H19Cl/c1-3-5-13(14)9-8-12-7-4-6-11(2)10-12/h4,6-7,10,13H,3,5,8-9H2,1-2H3. The van der Waals surface area contributed by atoms with Crippen LogP contribution in [0.5, 0.6) is 0 Å². The fraction of sp³-hybridized carbons (Fsp3) is 0.538. The lowest BCUT2D eigenvalue weighted by atomic mass is 10.0. The number of benzene rings is 1. The second-order valence-corrected chi connectivity index (χ2v) is 4.53. The molecule has 0 aliphatic heterocycles. The topological polar surface area (TPSA) is 0 Å². The Morgan fingerprint density at radius 1 is 1.29 bits per heavy atom. The largest absolute Gasteiger partial charge is 0.123 e. The predicted molar refractivity (Wildman–Crippen MR) is 64.0 cm³/mol. The van der Waals surface area contributed by atoms with Crippen molar-refractivity contribution >= 4 is 11.6 Å². The molecule has 1 aromatic carbocycles. The van der Waals surface area contributed by atoms with Crippen molar-refractivity contribution in [2.45, 2.75) is 44.9 Å². The minimum atomic E-state index is 0.348. The van der Waals surface area contributed by atoms with Gasteiger partial charge in [0.25, 0.3) is 0 Å². The first-order valence-corrected chi connectivity index (χ1v) is 5.85. The van der Waals surface area contributed by atoms with Gasteiger partial charge in [0.2, 0.25) is 0 Å². The number of hydrogen-bond donors (Lipinski definition) is 0. The van der Waals surface area contributed by atoms with E-state index >= 15 is 0 Å². The molecule has 0 N–H and O–H groups in total. The first-order valence-electron chi connectivity index (χ1n) is 5.42. The molecule has 0 saturated heterocycles. The van der Waals surface area contributed by atoms with E-state index in [2.05, 4.69) is 38.1 Å². The molecule has 0 bridgehead atoms. The lowest BCUT2D eigenvalue weighted by molar-refractivity contribution is 0.675. The van der Waals surface area contributed by atoms with E-state index in [9.17, 15) is 0 Å². The Bertz CT molecular complexity index is 268. The molecule has 0 fully saturated rings. The molecule has 0 nitrogen and oxygen atoms in total. The van der Waals surface area contributed by atoms with Gasteiger partial charge in [0.05, 0.1) is 0 Å². The number of alkyl halides is 1. The highest BCUT2D eigenvalue weighted by molar-refractivity contribution is 6.20. The summed E-state index contributed by atoms with van der Waals surface area (Å²) in [6.45, 7) is 4.32. The Balaban J connectivity index is 2.37. The molecule has 78 valence electrons. The van der Waals surface area contributed by atoms with Crippen molar-refractivity contribution in [2.75, 3.05) is 0 Å². The molecule has 0 heterocycles. The van der Waals surface area contributed by atoms with Crippen molar-refractivity contribution in [3.05, 3.63) is 35.4 Å². The van der Waals surface area contributed by atoms with Crippen LogP contribution in [0.3, 0.4) is 0 Å². The second kappa shape index (κ2) is 6.08. The van der Waals surface area contributed by atoms with E-state index in [1.807, 2.05) is 0 Å². The van der Waals surface area contributed by atoms with Crippen LogP contribution in [0.15, 0.2) is 24.3 Å². The summed E-state index contributed by atoms with van der Waals surface area (Å²) in [4.78, 5) is 0. The molecular weight excluding hydrogens is 192 g/mol. The fourth-order valence-corrected chi connectivity index (χ4v) is 1.98. The van der Waals surface area contributed by atoms with Gasteiger partial charge in [-0.1, -0.05) is 43.2 Å². The fourth-order valence-electron chi connectivity index (χ4n) is 1.65. The number of rotatable bonds is 5. The number of aryl methyl sites for hydroxylation is 2. The summed E-state index contributed by atoms with van der Waals surface area (Å²) in [7, 11) is 0. The molecule has 0 radical (unpaired) electrons. The minimum absolute atomic E-state index is 0.348. The van der Waals surface area contributed by atoms with E-state index in [-0.39, 0.29) is 0 Å². The summed E-state index contributed by atoms with van der Waals surface area (Å²) in [5, 5.41) is 0.348. The van der Waals surface area contributed by atoms with Gasteiger partial charge in [-0.25, -0.2) is 0 Å². The zero-order valence-corrected chi connectivity index (χ0v) is 9.85. The molecule has 0 aromatic heterocycles.